The molecule has 0 saturated carbocycles. The van der Waals surface area contributed by atoms with Gasteiger partial charge in [-0.2, -0.15) is 0 Å². The van der Waals surface area contributed by atoms with E-state index in [1.54, 1.807) is 6.07 Å². The van der Waals surface area contributed by atoms with Gasteiger partial charge >= 0.3 is 0 Å². The summed E-state index contributed by atoms with van der Waals surface area (Å²) in [6.07, 6.45) is 6.27. The van der Waals surface area contributed by atoms with Crippen molar-refractivity contribution in [2.75, 3.05) is 24.6 Å². The molecule has 1 fully saturated rings. The van der Waals surface area contributed by atoms with Crippen molar-refractivity contribution in [3.05, 3.63) is 48.2 Å². The summed E-state index contributed by atoms with van der Waals surface area (Å²) in [7, 11) is 0. The van der Waals surface area contributed by atoms with Crippen LogP contribution in [0.15, 0.2) is 42.6 Å². The maximum absolute atomic E-state index is 12.4. The van der Waals surface area contributed by atoms with Crippen LogP contribution >= 0.6 is 0 Å². The zero-order chi connectivity index (χ0) is 18.5. The minimum absolute atomic E-state index is 0.180. The van der Waals surface area contributed by atoms with Crippen LogP contribution in [0.5, 0.6) is 11.5 Å². The lowest BCUT2D eigenvalue weighted by molar-refractivity contribution is -0.130. The van der Waals surface area contributed by atoms with E-state index in [-0.39, 0.29) is 12.5 Å². The number of fused-ring (bicyclic) bond motifs is 1. The highest BCUT2D eigenvalue weighted by atomic mass is 16.6. The number of hydrogen-bond donors (Lipinski definition) is 1. The molecule has 0 spiro atoms. The first-order valence-electron chi connectivity index (χ1n) is 9.66. The number of aromatic nitrogens is 1. The molecule has 2 aliphatic heterocycles. The van der Waals surface area contributed by atoms with Crippen molar-refractivity contribution in [3.8, 4) is 11.5 Å². The molecule has 142 valence electrons. The second-order valence-electron chi connectivity index (χ2n) is 7.01. The first-order valence-corrected chi connectivity index (χ1v) is 9.66. The molecule has 0 aliphatic carbocycles. The predicted octanol–water partition coefficient (Wildman–Crippen LogP) is 2.92. The Morgan fingerprint density at radius 1 is 1.07 bits per heavy atom. The van der Waals surface area contributed by atoms with Gasteiger partial charge in [0.25, 0.3) is 5.91 Å². The third-order valence-electron chi connectivity index (χ3n) is 5.01. The molecule has 1 saturated heterocycles. The Labute approximate surface area is 159 Å². The van der Waals surface area contributed by atoms with Crippen molar-refractivity contribution >= 4 is 11.7 Å². The summed E-state index contributed by atoms with van der Waals surface area (Å²) in [5, 5.41) is 2.91. The lowest BCUT2D eigenvalue weighted by Gasteiger charge is -2.25. The fourth-order valence-electron chi connectivity index (χ4n) is 3.46. The number of benzene rings is 1. The van der Waals surface area contributed by atoms with E-state index in [0.717, 1.165) is 24.5 Å². The van der Waals surface area contributed by atoms with E-state index in [0.29, 0.717) is 18.0 Å². The van der Waals surface area contributed by atoms with Crippen LogP contribution in [0, 0.1) is 0 Å². The van der Waals surface area contributed by atoms with Crippen molar-refractivity contribution < 1.29 is 14.3 Å². The van der Waals surface area contributed by atoms with Crippen LogP contribution in [-0.2, 0) is 11.3 Å². The molecular formula is C21H25N3O3. The van der Waals surface area contributed by atoms with Crippen LogP contribution < -0.4 is 19.7 Å². The van der Waals surface area contributed by atoms with Gasteiger partial charge in [0.15, 0.2) is 11.5 Å². The first kappa shape index (κ1) is 17.6. The number of rotatable bonds is 4. The molecule has 0 radical (unpaired) electrons. The second-order valence-corrected chi connectivity index (χ2v) is 7.01. The summed E-state index contributed by atoms with van der Waals surface area (Å²) in [5.41, 5.74) is 0.971. The molecule has 4 rings (SSSR count). The van der Waals surface area contributed by atoms with Crippen LogP contribution in [0.25, 0.3) is 0 Å². The maximum atomic E-state index is 12.4. The number of nitrogens with one attached hydrogen (secondary N) is 1. The fourth-order valence-corrected chi connectivity index (χ4v) is 3.46. The smallest absolute Gasteiger partial charge is 0.264 e. The largest absolute Gasteiger partial charge is 0.485 e. The quantitative estimate of drug-likeness (QED) is 0.900. The standard InChI is InChI=1S/C21H25N3O3/c25-21(19-15-26-17-7-3-4-8-18(17)27-19)23-14-16-9-10-20(22-13-16)24-11-5-1-2-6-12-24/h3-4,7-10,13,19H,1-2,5-6,11-12,14-15H2,(H,23,25). The predicted molar refractivity (Wildman–Crippen MR) is 103 cm³/mol. The molecule has 6 heteroatoms. The molecule has 1 amide bonds. The number of carbonyl (C=O) groups is 1. The highest BCUT2D eigenvalue weighted by Gasteiger charge is 2.26. The molecule has 1 N–H and O–H groups in total. The van der Waals surface area contributed by atoms with E-state index < -0.39 is 6.10 Å². The van der Waals surface area contributed by atoms with Crippen LogP contribution in [-0.4, -0.2) is 36.7 Å². The molecule has 27 heavy (non-hydrogen) atoms. The maximum Gasteiger partial charge on any atom is 0.264 e. The summed E-state index contributed by atoms with van der Waals surface area (Å²) < 4.78 is 11.3. The normalized spacial score (nSPS) is 19.3. The van der Waals surface area contributed by atoms with Crippen LogP contribution in [0.3, 0.4) is 0 Å². The molecular weight excluding hydrogens is 342 g/mol. The summed E-state index contributed by atoms with van der Waals surface area (Å²) in [4.78, 5) is 19.3. The van der Waals surface area contributed by atoms with Gasteiger partial charge in [-0.05, 0) is 36.6 Å². The average Bonchev–Trinajstić information content (AvgIpc) is 3.01. The second kappa shape index (κ2) is 8.29. The zero-order valence-corrected chi connectivity index (χ0v) is 15.4. The van der Waals surface area contributed by atoms with Gasteiger partial charge < -0.3 is 19.7 Å². The lowest BCUT2D eigenvalue weighted by atomic mass is 10.2. The Kier molecular flexibility index (Phi) is 5.42. The number of ether oxygens (including phenoxy) is 2. The minimum atomic E-state index is -0.635. The number of para-hydroxylation sites is 2. The van der Waals surface area contributed by atoms with Crippen molar-refractivity contribution in [2.24, 2.45) is 0 Å². The molecule has 2 aliphatic rings. The van der Waals surface area contributed by atoms with Gasteiger partial charge in [0.05, 0.1) is 0 Å². The van der Waals surface area contributed by atoms with E-state index in [1.807, 2.05) is 36.5 Å². The number of hydrogen-bond acceptors (Lipinski definition) is 5. The summed E-state index contributed by atoms with van der Waals surface area (Å²) >= 11 is 0. The van der Waals surface area contributed by atoms with Crippen molar-refractivity contribution in [3.63, 3.8) is 0 Å². The summed E-state index contributed by atoms with van der Waals surface area (Å²) in [6, 6.07) is 11.5. The number of carbonyl (C=O) groups excluding carboxylic acids is 1. The number of anilines is 1. The Morgan fingerprint density at radius 3 is 2.59 bits per heavy atom. The first-order chi connectivity index (χ1) is 13.3. The summed E-state index contributed by atoms with van der Waals surface area (Å²) in [6.45, 7) is 2.79. The monoisotopic (exact) mass is 367 g/mol. The van der Waals surface area contributed by atoms with Gasteiger partial charge in [0.1, 0.15) is 12.4 Å². The SMILES string of the molecule is O=C(NCc1ccc(N2CCCCCC2)nc1)C1COc2ccccc2O1. The Morgan fingerprint density at radius 2 is 1.85 bits per heavy atom. The molecule has 1 unspecified atom stereocenters. The van der Waals surface area contributed by atoms with Gasteiger partial charge in [-0.3, -0.25) is 4.79 Å². The molecule has 1 aromatic heterocycles. The van der Waals surface area contributed by atoms with Gasteiger partial charge in [-0.15, -0.1) is 0 Å². The Balaban J connectivity index is 1.30. The minimum Gasteiger partial charge on any atom is -0.485 e. The van der Waals surface area contributed by atoms with E-state index in [4.69, 9.17) is 9.47 Å². The van der Waals surface area contributed by atoms with Gasteiger partial charge in [0.2, 0.25) is 6.10 Å². The zero-order valence-electron chi connectivity index (χ0n) is 15.4. The molecule has 6 nitrogen and oxygen atoms in total. The topological polar surface area (TPSA) is 63.7 Å². The van der Waals surface area contributed by atoms with Crippen LogP contribution in [0.2, 0.25) is 0 Å². The Hall–Kier alpha value is -2.76. The van der Waals surface area contributed by atoms with Gasteiger partial charge in [-0.1, -0.05) is 31.0 Å². The average molecular weight is 367 g/mol. The molecule has 1 atom stereocenters. The molecule has 0 bridgehead atoms. The third-order valence-corrected chi connectivity index (χ3v) is 5.01. The van der Waals surface area contributed by atoms with E-state index >= 15 is 0 Å². The van der Waals surface area contributed by atoms with Gasteiger partial charge in [0, 0.05) is 25.8 Å². The van der Waals surface area contributed by atoms with Crippen molar-refractivity contribution in [1.29, 1.82) is 0 Å². The number of nitrogens with zero attached hydrogens (tertiary/aromatic N) is 2. The van der Waals surface area contributed by atoms with E-state index in [9.17, 15) is 4.79 Å². The lowest BCUT2D eigenvalue weighted by Crippen LogP contribution is -2.43. The highest BCUT2D eigenvalue weighted by molar-refractivity contribution is 5.81. The van der Waals surface area contributed by atoms with E-state index in [1.165, 1.54) is 25.7 Å². The summed E-state index contributed by atoms with van der Waals surface area (Å²) in [5.74, 6) is 2.12. The molecule has 3 heterocycles. The van der Waals surface area contributed by atoms with Crippen LogP contribution in [0.1, 0.15) is 31.2 Å². The molecule has 2 aromatic rings. The number of amides is 1. The van der Waals surface area contributed by atoms with Crippen molar-refractivity contribution in [1.82, 2.24) is 10.3 Å². The van der Waals surface area contributed by atoms with Gasteiger partial charge in [-0.25, -0.2) is 4.98 Å². The molecule has 1 aromatic carbocycles. The Bertz CT molecular complexity index is 770. The fraction of sp³-hybridized carbons (Fsp3) is 0.429. The third kappa shape index (κ3) is 4.32. The highest BCUT2D eigenvalue weighted by Crippen LogP contribution is 2.30. The van der Waals surface area contributed by atoms with E-state index in [2.05, 4.69) is 15.2 Å². The number of pyridine rings is 1. The van der Waals surface area contributed by atoms with Crippen LogP contribution in [0.4, 0.5) is 5.82 Å². The van der Waals surface area contributed by atoms with Crippen molar-refractivity contribution in [2.45, 2.75) is 38.3 Å².